The summed E-state index contributed by atoms with van der Waals surface area (Å²) in [4.78, 5) is 29.2. The molecule has 0 aliphatic heterocycles. The van der Waals surface area contributed by atoms with Gasteiger partial charge in [-0.05, 0) is 36.6 Å². The van der Waals surface area contributed by atoms with Crippen LogP contribution in [0.1, 0.15) is 72.1 Å². The number of rotatable bonds is 7. The minimum absolute atomic E-state index is 0.157. The molecule has 1 aliphatic carbocycles. The third-order valence-corrected chi connectivity index (χ3v) is 6.08. The van der Waals surface area contributed by atoms with Gasteiger partial charge >= 0.3 is 5.97 Å². The van der Waals surface area contributed by atoms with Gasteiger partial charge in [0.25, 0.3) is 0 Å². The van der Waals surface area contributed by atoms with E-state index in [0.717, 1.165) is 29.1 Å². The van der Waals surface area contributed by atoms with Crippen molar-refractivity contribution in [1.29, 1.82) is 0 Å². The largest absolute Gasteiger partial charge is 0.462 e. The number of thiophene rings is 1. The molecule has 0 aromatic carbocycles. The summed E-state index contributed by atoms with van der Waals surface area (Å²) >= 11 is 2.97. The minimum atomic E-state index is -0.350. The Balaban J connectivity index is 1.73. The molecule has 7 heteroatoms. The molecule has 0 saturated heterocycles. The van der Waals surface area contributed by atoms with Crippen LogP contribution >= 0.6 is 22.7 Å². The van der Waals surface area contributed by atoms with Gasteiger partial charge in [0.1, 0.15) is 5.00 Å². The summed E-state index contributed by atoms with van der Waals surface area (Å²) in [5, 5.41) is 8.39. The number of hydrogen-bond acceptors (Lipinski definition) is 6. The van der Waals surface area contributed by atoms with E-state index in [1.165, 1.54) is 11.3 Å². The Morgan fingerprint density at radius 2 is 2.08 bits per heavy atom. The second kappa shape index (κ2) is 7.66. The SMILES string of the molecule is CCOC(=O)c1c(C2CC2)csc1NC(=O)Cc1csc(C(C)C)n1. The van der Waals surface area contributed by atoms with Crippen LogP contribution in [-0.2, 0) is 16.0 Å². The number of ether oxygens (including phenoxy) is 1. The highest BCUT2D eigenvalue weighted by molar-refractivity contribution is 7.15. The van der Waals surface area contributed by atoms with Crippen LogP contribution in [0.5, 0.6) is 0 Å². The average Bonchev–Trinajstić information content (AvgIpc) is 3.14. The lowest BCUT2D eigenvalue weighted by Gasteiger charge is -2.08. The summed E-state index contributed by atoms with van der Waals surface area (Å²) in [6.07, 6.45) is 2.39. The van der Waals surface area contributed by atoms with Crippen LogP contribution in [0.4, 0.5) is 5.00 Å². The van der Waals surface area contributed by atoms with Gasteiger partial charge < -0.3 is 10.1 Å². The van der Waals surface area contributed by atoms with E-state index >= 15 is 0 Å². The fraction of sp³-hybridized carbons (Fsp3) is 0.500. The summed E-state index contributed by atoms with van der Waals surface area (Å²) < 4.78 is 5.18. The topological polar surface area (TPSA) is 68.3 Å². The van der Waals surface area contributed by atoms with Gasteiger partial charge in [0, 0.05) is 11.3 Å². The van der Waals surface area contributed by atoms with Crippen molar-refractivity contribution in [1.82, 2.24) is 4.98 Å². The van der Waals surface area contributed by atoms with Crippen molar-refractivity contribution in [2.24, 2.45) is 0 Å². The highest BCUT2D eigenvalue weighted by atomic mass is 32.1. The Hall–Kier alpha value is -1.73. The average molecular weight is 379 g/mol. The summed E-state index contributed by atoms with van der Waals surface area (Å²) in [5.74, 6) is 0.274. The lowest BCUT2D eigenvalue weighted by atomic mass is 10.1. The van der Waals surface area contributed by atoms with E-state index in [-0.39, 0.29) is 18.3 Å². The highest BCUT2D eigenvalue weighted by Crippen LogP contribution is 2.46. The smallest absolute Gasteiger partial charge is 0.341 e. The number of carbonyl (C=O) groups is 2. The van der Waals surface area contributed by atoms with E-state index in [1.807, 2.05) is 10.8 Å². The fourth-order valence-electron chi connectivity index (χ4n) is 2.58. The predicted octanol–water partition coefficient (Wildman–Crippen LogP) is 4.56. The zero-order valence-corrected chi connectivity index (χ0v) is 16.3. The maximum absolute atomic E-state index is 12.4. The van der Waals surface area contributed by atoms with E-state index in [2.05, 4.69) is 24.1 Å². The van der Waals surface area contributed by atoms with Crippen molar-refractivity contribution in [3.8, 4) is 0 Å². The van der Waals surface area contributed by atoms with Gasteiger partial charge in [-0.15, -0.1) is 22.7 Å². The molecule has 0 spiro atoms. The van der Waals surface area contributed by atoms with Crippen LogP contribution in [0, 0.1) is 0 Å². The summed E-state index contributed by atoms with van der Waals surface area (Å²) in [7, 11) is 0. The number of nitrogens with one attached hydrogen (secondary N) is 1. The third kappa shape index (κ3) is 4.27. The molecule has 5 nitrogen and oxygen atoms in total. The number of amides is 1. The van der Waals surface area contributed by atoms with Crippen LogP contribution in [0.3, 0.4) is 0 Å². The lowest BCUT2D eigenvalue weighted by Crippen LogP contribution is -2.17. The van der Waals surface area contributed by atoms with Crippen LogP contribution in [0.25, 0.3) is 0 Å². The van der Waals surface area contributed by atoms with Crippen molar-refractivity contribution < 1.29 is 14.3 Å². The Kier molecular flexibility index (Phi) is 5.54. The lowest BCUT2D eigenvalue weighted by molar-refractivity contribution is -0.115. The molecular weight excluding hydrogens is 356 g/mol. The Morgan fingerprint density at radius 3 is 2.68 bits per heavy atom. The number of thiazole rings is 1. The monoisotopic (exact) mass is 378 g/mol. The van der Waals surface area contributed by atoms with Crippen molar-refractivity contribution in [3.63, 3.8) is 0 Å². The summed E-state index contributed by atoms with van der Waals surface area (Å²) in [6.45, 7) is 6.27. The maximum Gasteiger partial charge on any atom is 0.341 e. The molecule has 1 amide bonds. The van der Waals surface area contributed by atoms with E-state index in [4.69, 9.17) is 4.74 Å². The molecule has 134 valence electrons. The highest BCUT2D eigenvalue weighted by Gasteiger charge is 2.32. The Bertz CT molecular complexity index is 775. The molecule has 3 rings (SSSR count). The van der Waals surface area contributed by atoms with Crippen LogP contribution in [0.15, 0.2) is 10.8 Å². The number of esters is 1. The zero-order valence-electron chi connectivity index (χ0n) is 14.6. The second-order valence-electron chi connectivity index (χ2n) is 6.45. The first kappa shape index (κ1) is 18.1. The van der Waals surface area contributed by atoms with Crippen molar-refractivity contribution in [2.45, 2.75) is 51.9 Å². The molecule has 0 unspecified atom stereocenters. The molecule has 1 aliphatic rings. The van der Waals surface area contributed by atoms with Crippen molar-refractivity contribution >= 4 is 39.6 Å². The first-order valence-corrected chi connectivity index (χ1v) is 10.3. The van der Waals surface area contributed by atoms with Crippen LogP contribution in [-0.4, -0.2) is 23.5 Å². The molecule has 1 N–H and O–H groups in total. The summed E-state index contributed by atoms with van der Waals surface area (Å²) in [5.41, 5.74) is 2.31. The molecule has 2 aromatic heterocycles. The fourth-order valence-corrected chi connectivity index (χ4v) is 4.46. The number of aromatic nitrogens is 1. The van der Waals surface area contributed by atoms with Crippen molar-refractivity contribution in [3.05, 3.63) is 32.6 Å². The summed E-state index contributed by atoms with van der Waals surface area (Å²) in [6, 6.07) is 0. The molecule has 1 saturated carbocycles. The second-order valence-corrected chi connectivity index (χ2v) is 8.22. The standard InChI is InChI=1S/C18H22N2O3S2/c1-4-23-18(22)15-13(11-5-6-11)9-25-17(15)20-14(21)7-12-8-24-16(19-12)10(2)3/h8-11H,4-7H2,1-3H3,(H,20,21). The molecule has 1 fully saturated rings. The Morgan fingerprint density at radius 1 is 1.32 bits per heavy atom. The first-order valence-electron chi connectivity index (χ1n) is 8.52. The van der Waals surface area contributed by atoms with Gasteiger partial charge in [0.05, 0.1) is 29.3 Å². The maximum atomic E-state index is 12.4. The third-order valence-electron chi connectivity index (χ3n) is 3.97. The zero-order chi connectivity index (χ0) is 18.0. The van der Waals surface area contributed by atoms with Gasteiger partial charge in [0.2, 0.25) is 5.91 Å². The van der Waals surface area contributed by atoms with Gasteiger partial charge in [-0.25, -0.2) is 9.78 Å². The minimum Gasteiger partial charge on any atom is -0.462 e. The molecule has 2 heterocycles. The van der Waals surface area contributed by atoms with E-state index < -0.39 is 0 Å². The van der Waals surface area contributed by atoms with Gasteiger partial charge in [0.15, 0.2) is 0 Å². The molecular formula is C18H22N2O3S2. The van der Waals surface area contributed by atoms with Crippen LogP contribution in [0.2, 0.25) is 0 Å². The van der Waals surface area contributed by atoms with Crippen LogP contribution < -0.4 is 5.32 Å². The van der Waals surface area contributed by atoms with E-state index in [0.29, 0.717) is 29.0 Å². The normalized spacial score (nSPS) is 13.9. The van der Waals surface area contributed by atoms with Gasteiger partial charge in [-0.3, -0.25) is 4.79 Å². The first-order chi connectivity index (χ1) is 12.0. The van der Waals surface area contributed by atoms with Gasteiger partial charge in [-0.2, -0.15) is 0 Å². The number of nitrogens with zero attached hydrogens (tertiary/aromatic N) is 1. The number of anilines is 1. The number of hydrogen-bond donors (Lipinski definition) is 1. The quantitative estimate of drug-likeness (QED) is 0.717. The predicted molar refractivity (Wildman–Crippen MR) is 101 cm³/mol. The molecule has 0 radical (unpaired) electrons. The molecule has 2 aromatic rings. The molecule has 0 bridgehead atoms. The van der Waals surface area contributed by atoms with Crippen molar-refractivity contribution in [2.75, 3.05) is 11.9 Å². The number of carbonyl (C=O) groups excluding carboxylic acids is 2. The van der Waals surface area contributed by atoms with Gasteiger partial charge in [-0.1, -0.05) is 13.8 Å². The van der Waals surface area contributed by atoms with E-state index in [1.54, 1.807) is 18.3 Å². The van der Waals surface area contributed by atoms with E-state index in [9.17, 15) is 9.59 Å². The Labute approximate surface area is 155 Å². The molecule has 0 atom stereocenters. The molecule has 25 heavy (non-hydrogen) atoms.